The fourth-order valence-corrected chi connectivity index (χ4v) is 0.127. The van der Waals surface area contributed by atoms with E-state index in [0.29, 0.717) is 0 Å². The average Bonchev–Trinajstić information content (AvgIpc) is 1.30. The number of nitrogens with one attached hydrogen (secondary N) is 1. The minimum absolute atomic E-state index is 0.301. The topological polar surface area (TPSA) is 14.0 Å². The molecule has 0 spiro atoms. The largest absolute Gasteiger partial charge is 0.319 e. The number of halogens is 1. The van der Waals surface area contributed by atoms with E-state index in [9.17, 15) is 4.39 Å². The third kappa shape index (κ3) is 0.210. The zero-order valence-electron chi connectivity index (χ0n) is 2.46. The molecule has 0 aromatic carbocycles. The van der Waals surface area contributed by atoms with Gasteiger partial charge >= 0.3 is 0 Å². The van der Waals surface area contributed by atoms with Gasteiger partial charge in [0.25, 0.3) is 0 Å². The summed E-state index contributed by atoms with van der Waals surface area (Å²) in [6, 6.07) is 0. The molecule has 2 heteroatoms. The van der Waals surface area contributed by atoms with Gasteiger partial charge in [0.05, 0.1) is 0 Å². The molecule has 0 aliphatic carbocycles. The SMILES string of the molecule is FC1=C[NH+]=[C-]1. The normalized spacial score (nSPS) is 17.4. The average molecular weight is 71.1 g/mol. The second-order valence-electron chi connectivity index (χ2n) is 0.762. The second kappa shape index (κ2) is 0.641. The molecule has 1 N–H and O–H groups in total. The molecule has 0 amide bonds. The fraction of sp³-hybridized carbons (Fsp3) is 0. The van der Waals surface area contributed by atoms with Crippen LogP contribution in [0.1, 0.15) is 0 Å². The molecule has 1 heterocycles. The monoisotopic (exact) mass is 71.0 g/mol. The Morgan fingerprint density at radius 2 is 2.40 bits per heavy atom. The smallest absolute Gasteiger partial charge is 0.156 e. The quantitative estimate of drug-likeness (QED) is 0.346. The highest BCUT2D eigenvalue weighted by molar-refractivity contribution is 5.72. The van der Waals surface area contributed by atoms with Crippen LogP contribution < -0.4 is 4.99 Å². The van der Waals surface area contributed by atoms with Gasteiger partial charge in [-0.1, -0.05) is 0 Å². The van der Waals surface area contributed by atoms with Crippen LogP contribution in [0, 0.1) is 0 Å². The van der Waals surface area contributed by atoms with Gasteiger partial charge in [-0.05, 0) is 0 Å². The summed E-state index contributed by atoms with van der Waals surface area (Å²) < 4.78 is 11.2. The van der Waals surface area contributed by atoms with E-state index in [-0.39, 0.29) is 5.83 Å². The predicted octanol–water partition coefficient (Wildman–Crippen LogP) is -1.16. The van der Waals surface area contributed by atoms with Crippen LogP contribution >= 0.6 is 0 Å². The van der Waals surface area contributed by atoms with E-state index in [1.165, 1.54) is 6.20 Å². The number of hydrogen-bond donors (Lipinski definition) is 1. The fourth-order valence-electron chi connectivity index (χ4n) is 0.127. The summed E-state index contributed by atoms with van der Waals surface area (Å²) in [5.41, 5.74) is 0. The molecule has 1 rings (SSSR count). The minimum atomic E-state index is -0.301. The van der Waals surface area contributed by atoms with Crippen molar-refractivity contribution in [2.24, 2.45) is 0 Å². The van der Waals surface area contributed by atoms with Crippen LogP contribution in [0.4, 0.5) is 4.39 Å². The van der Waals surface area contributed by atoms with Crippen LogP contribution in [-0.2, 0) is 0 Å². The van der Waals surface area contributed by atoms with Crippen LogP contribution in [0.5, 0.6) is 0 Å². The molecule has 0 unspecified atom stereocenters. The lowest BCUT2D eigenvalue weighted by atomic mass is 10.5. The molecule has 0 aromatic heterocycles. The molecule has 1 nitrogen and oxygen atoms in total. The maximum Gasteiger partial charge on any atom is 0.156 e. The Morgan fingerprint density at radius 3 is 2.40 bits per heavy atom. The first-order valence-corrected chi connectivity index (χ1v) is 1.27. The molecule has 0 radical (unpaired) electrons. The summed E-state index contributed by atoms with van der Waals surface area (Å²) in [4.78, 5) is 2.37. The molecule has 0 atom stereocenters. The Kier molecular flexibility index (Phi) is 0.330. The van der Waals surface area contributed by atoms with Gasteiger partial charge in [-0.15, -0.1) is 0 Å². The van der Waals surface area contributed by atoms with E-state index in [1.54, 1.807) is 0 Å². The Morgan fingerprint density at radius 1 is 2.00 bits per heavy atom. The van der Waals surface area contributed by atoms with Crippen LogP contribution in [0.15, 0.2) is 12.0 Å². The summed E-state index contributed by atoms with van der Waals surface area (Å²) in [6.45, 7) is 0. The molecule has 1 aliphatic heterocycles. The van der Waals surface area contributed by atoms with Crippen molar-refractivity contribution < 1.29 is 9.38 Å². The molecular formula is C3H2FN. The number of allylic oxidation sites excluding steroid dienone is 1. The van der Waals surface area contributed by atoms with Gasteiger partial charge in [0, 0.05) is 0 Å². The maximum atomic E-state index is 11.2. The molecular weight excluding hydrogens is 69.0 g/mol. The van der Waals surface area contributed by atoms with E-state index in [2.05, 4.69) is 11.2 Å². The lowest BCUT2D eigenvalue weighted by Gasteiger charge is -1.86. The molecule has 1 aliphatic rings. The number of rotatable bonds is 0. The summed E-state index contributed by atoms with van der Waals surface area (Å²) in [5, 5.41) is 0. The first-order chi connectivity index (χ1) is 2.39. The van der Waals surface area contributed by atoms with E-state index in [4.69, 9.17) is 0 Å². The summed E-state index contributed by atoms with van der Waals surface area (Å²) in [5.74, 6) is -0.301. The highest BCUT2D eigenvalue weighted by Gasteiger charge is 1.91. The molecule has 26 valence electrons. The molecule has 0 aromatic rings. The van der Waals surface area contributed by atoms with Crippen molar-refractivity contribution in [2.75, 3.05) is 0 Å². The van der Waals surface area contributed by atoms with Gasteiger partial charge in [-0.25, -0.2) is 4.39 Å². The third-order valence-corrected chi connectivity index (χ3v) is 0.390. The summed E-state index contributed by atoms with van der Waals surface area (Å²) >= 11 is 0. The highest BCUT2D eigenvalue weighted by Crippen LogP contribution is 1.83. The van der Waals surface area contributed by atoms with Crippen molar-refractivity contribution in [3.63, 3.8) is 0 Å². The minimum Gasteiger partial charge on any atom is -0.319 e. The van der Waals surface area contributed by atoms with Crippen LogP contribution in [0.25, 0.3) is 0 Å². The van der Waals surface area contributed by atoms with Gasteiger partial charge in [-0.2, -0.15) is 0 Å². The van der Waals surface area contributed by atoms with Crippen molar-refractivity contribution in [3.05, 3.63) is 12.0 Å². The molecule has 0 bridgehead atoms. The van der Waals surface area contributed by atoms with Gasteiger partial charge in [0.1, 0.15) is 12.0 Å². The third-order valence-electron chi connectivity index (χ3n) is 0.390. The lowest BCUT2D eigenvalue weighted by Crippen LogP contribution is -2.67. The Bertz CT molecular complexity index is 93.1. The van der Waals surface area contributed by atoms with E-state index in [0.717, 1.165) is 0 Å². The first-order valence-electron chi connectivity index (χ1n) is 1.27. The van der Waals surface area contributed by atoms with Crippen LogP contribution in [0.2, 0.25) is 0 Å². The van der Waals surface area contributed by atoms with Crippen molar-refractivity contribution in [1.82, 2.24) is 0 Å². The van der Waals surface area contributed by atoms with Gasteiger partial charge < -0.3 is 4.99 Å². The lowest BCUT2D eigenvalue weighted by molar-refractivity contribution is -0.383. The molecule has 0 fully saturated rings. The molecule has 0 saturated heterocycles. The van der Waals surface area contributed by atoms with Gasteiger partial charge in [-0.3, -0.25) is 0 Å². The van der Waals surface area contributed by atoms with Crippen LogP contribution in [0.3, 0.4) is 0 Å². The second-order valence-corrected chi connectivity index (χ2v) is 0.762. The summed E-state index contributed by atoms with van der Waals surface area (Å²) in [7, 11) is 0. The van der Waals surface area contributed by atoms with Crippen molar-refractivity contribution >= 4 is 6.21 Å². The van der Waals surface area contributed by atoms with Gasteiger partial charge in [0.15, 0.2) is 6.21 Å². The van der Waals surface area contributed by atoms with Crippen LogP contribution in [-0.4, -0.2) is 6.21 Å². The molecule has 0 saturated carbocycles. The van der Waals surface area contributed by atoms with E-state index < -0.39 is 0 Å². The summed E-state index contributed by atoms with van der Waals surface area (Å²) in [6.07, 6.45) is 3.39. The zero-order chi connectivity index (χ0) is 3.70. The van der Waals surface area contributed by atoms with E-state index in [1.807, 2.05) is 0 Å². The first kappa shape index (κ1) is 2.57. The van der Waals surface area contributed by atoms with Gasteiger partial charge in [0.2, 0.25) is 0 Å². The zero-order valence-corrected chi connectivity index (χ0v) is 2.46. The van der Waals surface area contributed by atoms with Crippen molar-refractivity contribution in [3.8, 4) is 0 Å². The standard InChI is InChI=1S/C3H2FN/c4-3-1-5-2-3/h1,5H. The molecule has 5 heavy (non-hydrogen) atoms. The Hall–Kier alpha value is -0.660. The van der Waals surface area contributed by atoms with E-state index >= 15 is 0 Å². The maximum absolute atomic E-state index is 11.2. The number of hydrogen-bond acceptors (Lipinski definition) is 0. The Balaban J connectivity index is 2.60. The van der Waals surface area contributed by atoms with Crippen molar-refractivity contribution in [1.29, 1.82) is 0 Å². The highest BCUT2D eigenvalue weighted by atomic mass is 19.1. The van der Waals surface area contributed by atoms with Crippen molar-refractivity contribution in [2.45, 2.75) is 0 Å². The Labute approximate surface area is 28.8 Å². The predicted molar refractivity (Wildman–Crippen MR) is 15.2 cm³/mol.